The summed E-state index contributed by atoms with van der Waals surface area (Å²) in [5, 5.41) is 11.9. The van der Waals surface area contributed by atoms with Crippen molar-refractivity contribution >= 4 is 33.2 Å². The third-order valence-corrected chi connectivity index (χ3v) is 5.83. The molecule has 0 spiro atoms. The van der Waals surface area contributed by atoms with Crippen molar-refractivity contribution in [3.63, 3.8) is 0 Å². The number of hydrogen-bond donors (Lipinski definition) is 3. The second kappa shape index (κ2) is 7.59. The normalized spacial score (nSPS) is 11.1. The van der Waals surface area contributed by atoms with Crippen LogP contribution < -0.4 is 10.6 Å². The summed E-state index contributed by atoms with van der Waals surface area (Å²) in [6, 6.07) is 11.7. The zero-order valence-corrected chi connectivity index (χ0v) is 15.0. The molecule has 1 aromatic heterocycles. The first-order valence-electron chi connectivity index (χ1n) is 7.59. The fourth-order valence-corrected chi connectivity index (χ4v) is 4.01. The van der Waals surface area contributed by atoms with E-state index in [4.69, 9.17) is 11.6 Å². The number of aromatic nitrogens is 2. The molecule has 2 aromatic carbocycles. The first kappa shape index (κ1) is 18.0. The topological polar surface area (TPSA) is 104 Å². The van der Waals surface area contributed by atoms with Crippen molar-refractivity contribution in [2.45, 2.75) is 16.3 Å². The van der Waals surface area contributed by atoms with Crippen LogP contribution in [0.3, 0.4) is 0 Å². The maximum atomic E-state index is 12.6. The number of halogens is 1. The van der Waals surface area contributed by atoms with Gasteiger partial charge in [0.2, 0.25) is 9.84 Å². The number of nitrogens with one attached hydrogen (secondary N) is 3. The minimum Gasteiger partial charge on any atom is -0.334 e. The van der Waals surface area contributed by atoms with Crippen molar-refractivity contribution in [3.8, 4) is 0 Å². The standard InChI is InChI=1S/C17H15ClN4O3S/c18-15-3-1-2-4-16(15)26(24,25)14-7-5-13(6-8-14)22-17(23)19-9-12-10-20-21-11-12/h1-8,10-11H,9H2,(H,20,21)(H2,19,22,23). The molecule has 0 bridgehead atoms. The molecule has 0 fully saturated rings. The lowest BCUT2D eigenvalue weighted by Crippen LogP contribution is -2.28. The highest BCUT2D eigenvalue weighted by Gasteiger charge is 2.20. The Bertz CT molecular complexity index is 1000. The van der Waals surface area contributed by atoms with Crippen LogP contribution in [0.25, 0.3) is 0 Å². The first-order valence-corrected chi connectivity index (χ1v) is 9.45. The molecule has 0 aliphatic rings. The lowest BCUT2D eigenvalue weighted by Gasteiger charge is -2.09. The van der Waals surface area contributed by atoms with Crippen LogP contribution in [-0.4, -0.2) is 24.6 Å². The Balaban J connectivity index is 1.68. The maximum absolute atomic E-state index is 12.6. The molecule has 3 N–H and O–H groups in total. The van der Waals surface area contributed by atoms with Gasteiger partial charge in [-0.15, -0.1) is 0 Å². The van der Waals surface area contributed by atoms with Gasteiger partial charge in [-0.2, -0.15) is 5.10 Å². The number of amides is 2. The average Bonchev–Trinajstić information content (AvgIpc) is 3.14. The zero-order valence-electron chi connectivity index (χ0n) is 13.4. The molecular formula is C17H15ClN4O3S. The summed E-state index contributed by atoms with van der Waals surface area (Å²) in [7, 11) is -3.73. The number of carbonyl (C=O) groups is 1. The van der Waals surface area contributed by atoms with E-state index in [9.17, 15) is 13.2 Å². The van der Waals surface area contributed by atoms with E-state index in [-0.39, 0.29) is 14.8 Å². The predicted octanol–water partition coefficient (Wildman–Crippen LogP) is 3.22. The van der Waals surface area contributed by atoms with Gasteiger partial charge in [0, 0.05) is 24.0 Å². The zero-order chi connectivity index (χ0) is 18.6. The molecule has 1 heterocycles. The van der Waals surface area contributed by atoms with Crippen LogP contribution in [0.5, 0.6) is 0 Å². The second-order valence-corrected chi connectivity index (χ2v) is 7.70. The van der Waals surface area contributed by atoms with Gasteiger partial charge >= 0.3 is 6.03 Å². The van der Waals surface area contributed by atoms with Crippen LogP contribution in [-0.2, 0) is 16.4 Å². The molecular weight excluding hydrogens is 376 g/mol. The van der Waals surface area contributed by atoms with Crippen molar-refractivity contribution in [2.75, 3.05) is 5.32 Å². The molecule has 0 unspecified atom stereocenters. The number of urea groups is 1. The number of benzene rings is 2. The SMILES string of the molecule is O=C(NCc1cn[nH]c1)Nc1ccc(S(=O)(=O)c2ccccc2Cl)cc1. The minimum atomic E-state index is -3.73. The van der Waals surface area contributed by atoms with E-state index < -0.39 is 15.9 Å². The molecule has 7 nitrogen and oxygen atoms in total. The summed E-state index contributed by atoms with van der Waals surface area (Å²) in [5.41, 5.74) is 1.30. The predicted molar refractivity (Wildman–Crippen MR) is 97.8 cm³/mol. The summed E-state index contributed by atoms with van der Waals surface area (Å²) in [6.45, 7) is 0.321. The van der Waals surface area contributed by atoms with Gasteiger partial charge in [0.15, 0.2) is 0 Å². The van der Waals surface area contributed by atoms with Gasteiger partial charge in [-0.05, 0) is 36.4 Å². The number of hydrogen-bond acceptors (Lipinski definition) is 4. The van der Waals surface area contributed by atoms with E-state index in [1.54, 1.807) is 24.5 Å². The molecule has 26 heavy (non-hydrogen) atoms. The van der Waals surface area contributed by atoms with E-state index in [1.165, 1.54) is 36.4 Å². The molecule has 0 atom stereocenters. The van der Waals surface area contributed by atoms with Gasteiger partial charge in [-0.3, -0.25) is 5.10 Å². The number of anilines is 1. The van der Waals surface area contributed by atoms with Crippen molar-refractivity contribution < 1.29 is 13.2 Å². The molecule has 9 heteroatoms. The Kier molecular flexibility index (Phi) is 5.24. The quantitative estimate of drug-likeness (QED) is 0.622. The smallest absolute Gasteiger partial charge is 0.319 e. The van der Waals surface area contributed by atoms with Gasteiger partial charge in [-0.25, -0.2) is 13.2 Å². The van der Waals surface area contributed by atoms with Gasteiger partial charge in [0.1, 0.15) is 0 Å². The van der Waals surface area contributed by atoms with Gasteiger partial charge in [0.05, 0.1) is 21.0 Å². The van der Waals surface area contributed by atoms with Gasteiger partial charge in [-0.1, -0.05) is 23.7 Å². The van der Waals surface area contributed by atoms with E-state index in [0.717, 1.165) is 5.56 Å². The summed E-state index contributed by atoms with van der Waals surface area (Å²) in [5.74, 6) is 0. The van der Waals surface area contributed by atoms with Crippen molar-refractivity contribution in [3.05, 3.63) is 71.5 Å². The second-order valence-electron chi connectivity index (χ2n) is 5.37. The molecule has 0 aliphatic carbocycles. The lowest BCUT2D eigenvalue weighted by atomic mass is 10.3. The molecule has 3 aromatic rings. The highest BCUT2D eigenvalue weighted by molar-refractivity contribution is 7.91. The number of carbonyl (C=O) groups excluding carboxylic acids is 1. The Morgan fingerprint density at radius 1 is 1.12 bits per heavy atom. The van der Waals surface area contributed by atoms with Crippen LogP contribution >= 0.6 is 11.6 Å². The molecule has 0 radical (unpaired) electrons. The number of H-pyrrole nitrogens is 1. The lowest BCUT2D eigenvalue weighted by molar-refractivity contribution is 0.251. The highest BCUT2D eigenvalue weighted by atomic mass is 35.5. The van der Waals surface area contributed by atoms with E-state index in [2.05, 4.69) is 20.8 Å². The van der Waals surface area contributed by atoms with Crippen LogP contribution in [0.1, 0.15) is 5.56 Å². The van der Waals surface area contributed by atoms with Crippen molar-refractivity contribution in [2.24, 2.45) is 0 Å². The van der Waals surface area contributed by atoms with Crippen LogP contribution in [0.15, 0.2) is 70.7 Å². The third kappa shape index (κ3) is 4.04. The fourth-order valence-electron chi connectivity index (χ4n) is 2.24. The van der Waals surface area contributed by atoms with Crippen molar-refractivity contribution in [1.29, 1.82) is 0 Å². The Morgan fingerprint density at radius 3 is 2.50 bits per heavy atom. The number of nitrogens with zero attached hydrogens (tertiary/aromatic N) is 1. The molecule has 0 saturated heterocycles. The Hall–Kier alpha value is -2.84. The number of sulfone groups is 1. The molecule has 134 valence electrons. The minimum absolute atomic E-state index is 0.0419. The molecule has 0 aliphatic heterocycles. The molecule has 0 saturated carbocycles. The largest absolute Gasteiger partial charge is 0.334 e. The van der Waals surface area contributed by atoms with E-state index in [0.29, 0.717) is 12.2 Å². The fraction of sp³-hybridized carbons (Fsp3) is 0.0588. The Morgan fingerprint density at radius 2 is 1.85 bits per heavy atom. The molecule has 2 amide bonds. The van der Waals surface area contributed by atoms with Crippen LogP contribution in [0.4, 0.5) is 10.5 Å². The van der Waals surface area contributed by atoms with Crippen molar-refractivity contribution in [1.82, 2.24) is 15.5 Å². The summed E-state index contributed by atoms with van der Waals surface area (Å²) < 4.78 is 25.3. The number of aromatic amines is 1. The maximum Gasteiger partial charge on any atom is 0.319 e. The third-order valence-electron chi connectivity index (χ3n) is 3.56. The summed E-state index contributed by atoms with van der Waals surface area (Å²) >= 11 is 5.98. The van der Waals surface area contributed by atoms with E-state index in [1.807, 2.05) is 0 Å². The monoisotopic (exact) mass is 390 g/mol. The summed E-state index contributed by atoms with van der Waals surface area (Å²) in [4.78, 5) is 12.0. The van der Waals surface area contributed by atoms with E-state index >= 15 is 0 Å². The highest BCUT2D eigenvalue weighted by Crippen LogP contribution is 2.27. The Labute approximate surface area is 155 Å². The van der Waals surface area contributed by atoms with Gasteiger partial charge in [0.25, 0.3) is 0 Å². The van der Waals surface area contributed by atoms with Crippen LogP contribution in [0, 0.1) is 0 Å². The summed E-state index contributed by atoms with van der Waals surface area (Å²) in [6.07, 6.45) is 3.28. The van der Waals surface area contributed by atoms with Gasteiger partial charge < -0.3 is 10.6 Å². The molecule has 3 rings (SSSR count). The first-order chi connectivity index (χ1) is 12.5. The number of rotatable bonds is 5. The van der Waals surface area contributed by atoms with Crippen LogP contribution in [0.2, 0.25) is 5.02 Å². The average molecular weight is 391 g/mol.